The van der Waals surface area contributed by atoms with Crippen LogP contribution in [0, 0.1) is 5.92 Å². The monoisotopic (exact) mass is 391 g/mol. The van der Waals surface area contributed by atoms with E-state index in [1.165, 1.54) is 11.8 Å². The smallest absolute Gasteiger partial charge is 0.408 e. The molecule has 3 atom stereocenters. The van der Waals surface area contributed by atoms with Crippen LogP contribution in [0.3, 0.4) is 0 Å². The van der Waals surface area contributed by atoms with Gasteiger partial charge in [-0.25, -0.2) is 9.59 Å². The Bertz CT molecular complexity index is 463. The molecule has 8 heteroatoms. The molecule has 0 aliphatic heterocycles. The number of amides is 1. The van der Waals surface area contributed by atoms with Crippen molar-refractivity contribution in [3.8, 4) is 0 Å². The Labute approximate surface area is 160 Å². The number of ether oxygens (including phenoxy) is 2. The number of carbonyl (C=O) groups excluding carboxylic acids is 2. The molecular formula is C18H33NO6S. The maximum absolute atomic E-state index is 12.5. The predicted octanol–water partition coefficient (Wildman–Crippen LogP) is 3.46. The maximum atomic E-state index is 12.5. The minimum Gasteiger partial charge on any atom is -0.481 e. The lowest BCUT2D eigenvalue weighted by Gasteiger charge is -2.26. The maximum Gasteiger partial charge on any atom is 0.408 e. The molecule has 0 fully saturated rings. The Morgan fingerprint density at radius 2 is 1.85 bits per heavy atom. The lowest BCUT2D eigenvalue weighted by atomic mass is 9.95. The molecule has 2 N–H and O–H groups in total. The van der Waals surface area contributed by atoms with Gasteiger partial charge < -0.3 is 19.9 Å². The van der Waals surface area contributed by atoms with Crippen LogP contribution in [0.5, 0.6) is 0 Å². The van der Waals surface area contributed by atoms with Crippen LogP contribution < -0.4 is 5.32 Å². The highest BCUT2D eigenvalue weighted by Gasteiger charge is 2.30. The molecule has 0 aromatic carbocycles. The Morgan fingerprint density at radius 1 is 1.23 bits per heavy atom. The third kappa shape index (κ3) is 11.2. The lowest BCUT2D eigenvalue weighted by molar-refractivity contribution is -0.157. The van der Waals surface area contributed by atoms with Crippen molar-refractivity contribution in [2.45, 2.75) is 78.0 Å². The first-order chi connectivity index (χ1) is 12.0. The molecule has 0 aromatic heterocycles. The van der Waals surface area contributed by atoms with Crippen molar-refractivity contribution in [2.24, 2.45) is 5.92 Å². The van der Waals surface area contributed by atoms with E-state index in [1.54, 1.807) is 27.0 Å². The van der Waals surface area contributed by atoms with E-state index in [9.17, 15) is 14.4 Å². The average molecular weight is 392 g/mol. The first-order valence-electron chi connectivity index (χ1n) is 8.90. The highest BCUT2D eigenvalue weighted by atomic mass is 32.2. The highest BCUT2D eigenvalue weighted by Crippen LogP contribution is 2.19. The summed E-state index contributed by atoms with van der Waals surface area (Å²) in [4.78, 5) is 35.6. The van der Waals surface area contributed by atoms with Gasteiger partial charge in [-0.2, -0.15) is 11.8 Å². The Kier molecular flexibility index (Phi) is 11.4. The van der Waals surface area contributed by atoms with Crippen molar-refractivity contribution in [3.05, 3.63) is 0 Å². The van der Waals surface area contributed by atoms with Crippen LogP contribution in [0.1, 0.15) is 60.3 Å². The summed E-state index contributed by atoms with van der Waals surface area (Å²) in [6.07, 6.45) is 2.80. The lowest BCUT2D eigenvalue weighted by Crippen LogP contribution is -2.47. The second kappa shape index (κ2) is 12.0. The van der Waals surface area contributed by atoms with Crippen molar-refractivity contribution in [1.29, 1.82) is 0 Å². The number of nitrogens with one attached hydrogen (secondary N) is 1. The molecule has 7 nitrogen and oxygen atoms in total. The van der Waals surface area contributed by atoms with E-state index in [1.807, 2.05) is 13.8 Å². The molecule has 26 heavy (non-hydrogen) atoms. The molecule has 0 bridgehead atoms. The van der Waals surface area contributed by atoms with Gasteiger partial charge in [-0.3, -0.25) is 4.79 Å². The fourth-order valence-corrected chi connectivity index (χ4v) is 2.81. The van der Waals surface area contributed by atoms with Crippen molar-refractivity contribution < 1.29 is 29.0 Å². The van der Waals surface area contributed by atoms with Gasteiger partial charge in [0.15, 0.2) is 0 Å². The number of aliphatic carboxylic acids is 1. The van der Waals surface area contributed by atoms with Gasteiger partial charge in [-0.05, 0) is 39.4 Å². The number of hydrogen-bond donors (Lipinski definition) is 2. The summed E-state index contributed by atoms with van der Waals surface area (Å²) in [5.74, 6) is -1.43. The number of carboxylic acids is 1. The summed E-state index contributed by atoms with van der Waals surface area (Å²) in [5, 5.41) is 11.6. The molecule has 0 rings (SSSR count). The van der Waals surface area contributed by atoms with Crippen LogP contribution in [-0.4, -0.2) is 52.9 Å². The van der Waals surface area contributed by atoms with E-state index in [0.29, 0.717) is 5.75 Å². The van der Waals surface area contributed by atoms with Crippen LogP contribution in [0.15, 0.2) is 0 Å². The van der Waals surface area contributed by atoms with E-state index in [2.05, 4.69) is 5.32 Å². The third-order valence-corrected chi connectivity index (χ3v) is 4.27. The fraction of sp³-hybridized carbons (Fsp3) is 0.833. The molecule has 0 aliphatic rings. The minimum absolute atomic E-state index is 0.0774. The number of esters is 1. The predicted molar refractivity (Wildman–Crippen MR) is 102 cm³/mol. The number of carbonyl (C=O) groups is 3. The van der Waals surface area contributed by atoms with E-state index >= 15 is 0 Å². The van der Waals surface area contributed by atoms with Gasteiger partial charge >= 0.3 is 18.0 Å². The Balaban J connectivity index is 4.99. The van der Waals surface area contributed by atoms with Crippen LogP contribution in [0.4, 0.5) is 4.79 Å². The van der Waals surface area contributed by atoms with Crippen LogP contribution in [0.25, 0.3) is 0 Å². The number of rotatable bonds is 11. The summed E-state index contributed by atoms with van der Waals surface area (Å²) in [7, 11) is 0. The first kappa shape index (κ1) is 24.6. The van der Waals surface area contributed by atoms with Gasteiger partial charge in [0.05, 0.1) is 6.42 Å². The van der Waals surface area contributed by atoms with Gasteiger partial charge in [0.1, 0.15) is 17.7 Å². The summed E-state index contributed by atoms with van der Waals surface area (Å²) >= 11 is 1.37. The second-order valence-corrected chi connectivity index (χ2v) is 8.26. The molecule has 0 saturated heterocycles. The topological polar surface area (TPSA) is 102 Å². The summed E-state index contributed by atoms with van der Waals surface area (Å²) in [6, 6.07) is -0.894. The number of hydrogen-bond acceptors (Lipinski definition) is 6. The molecule has 0 heterocycles. The number of thioether (sulfide) groups is 1. The molecule has 0 radical (unpaired) electrons. The van der Waals surface area contributed by atoms with Gasteiger partial charge in [-0.1, -0.05) is 26.7 Å². The van der Waals surface area contributed by atoms with Crippen molar-refractivity contribution in [3.63, 3.8) is 0 Å². The molecule has 0 aliphatic carbocycles. The fourth-order valence-electron chi connectivity index (χ4n) is 2.26. The van der Waals surface area contributed by atoms with E-state index < -0.39 is 35.8 Å². The zero-order valence-corrected chi connectivity index (χ0v) is 17.5. The van der Waals surface area contributed by atoms with Crippen molar-refractivity contribution >= 4 is 29.8 Å². The zero-order valence-electron chi connectivity index (χ0n) is 16.7. The quantitative estimate of drug-likeness (QED) is 0.520. The van der Waals surface area contributed by atoms with Crippen molar-refractivity contribution in [1.82, 2.24) is 5.32 Å². The van der Waals surface area contributed by atoms with Gasteiger partial charge in [-0.15, -0.1) is 0 Å². The Hall–Kier alpha value is -1.44. The average Bonchev–Trinajstić information content (AvgIpc) is 2.49. The van der Waals surface area contributed by atoms with Gasteiger partial charge in [0, 0.05) is 5.75 Å². The number of carboxylic acid groups (broad SMARTS) is 1. The number of unbranched alkanes of at least 4 members (excludes halogenated alkanes) is 1. The summed E-state index contributed by atoms with van der Waals surface area (Å²) in [6.45, 7) is 9.11. The van der Waals surface area contributed by atoms with Gasteiger partial charge in [0.25, 0.3) is 0 Å². The summed E-state index contributed by atoms with van der Waals surface area (Å²) < 4.78 is 10.6. The highest BCUT2D eigenvalue weighted by molar-refractivity contribution is 7.98. The second-order valence-electron chi connectivity index (χ2n) is 7.35. The van der Waals surface area contributed by atoms with E-state index in [4.69, 9.17) is 14.6 Å². The molecular weight excluding hydrogens is 358 g/mol. The van der Waals surface area contributed by atoms with Crippen molar-refractivity contribution in [2.75, 3.05) is 12.0 Å². The van der Waals surface area contributed by atoms with E-state index in [0.717, 1.165) is 19.3 Å². The first-order valence-corrected chi connectivity index (χ1v) is 10.3. The van der Waals surface area contributed by atoms with Gasteiger partial charge in [0.2, 0.25) is 0 Å². The minimum atomic E-state index is -1.02. The van der Waals surface area contributed by atoms with Crippen LogP contribution in [0.2, 0.25) is 0 Å². The van der Waals surface area contributed by atoms with Crippen LogP contribution >= 0.6 is 11.8 Å². The number of alkyl carbamates (subject to hydrolysis) is 1. The molecule has 0 saturated carbocycles. The van der Waals surface area contributed by atoms with E-state index in [-0.39, 0.29) is 12.3 Å². The summed E-state index contributed by atoms with van der Waals surface area (Å²) in [5.41, 5.74) is -0.682. The van der Waals surface area contributed by atoms with Crippen LogP contribution in [-0.2, 0) is 19.1 Å². The molecule has 1 amide bonds. The zero-order chi connectivity index (χ0) is 20.3. The SMILES string of the molecule is CCCC[C@H](C)[C@H](CC(=O)O)OC(=O)[C@H](CSC)NC(=O)OC(C)(C)C. The molecule has 0 aromatic rings. The molecule has 152 valence electrons. The molecule has 0 spiro atoms. The molecule has 0 unspecified atom stereocenters. The largest absolute Gasteiger partial charge is 0.481 e. The third-order valence-electron chi connectivity index (χ3n) is 3.60. The normalized spacial score (nSPS) is 14.8. The Morgan fingerprint density at radius 3 is 2.31 bits per heavy atom. The standard InChI is InChI=1S/C18H33NO6S/c1-7-8-9-12(2)14(10-15(20)21)24-16(22)13(11-26-6)19-17(23)25-18(3,4)5/h12-14H,7-11H2,1-6H3,(H,19,23)(H,20,21)/t12-,13-,14-/m0/s1.